The molecule has 0 aromatic heterocycles. The summed E-state index contributed by atoms with van der Waals surface area (Å²) in [6, 6.07) is 7.61. The monoisotopic (exact) mass is 295 g/mol. The molecule has 0 aliphatic carbocycles. The van der Waals surface area contributed by atoms with E-state index in [2.05, 4.69) is 12.2 Å². The quantitative estimate of drug-likeness (QED) is 0.687. The van der Waals surface area contributed by atoms with Crippen LogP contribution in [0.4, 0.5) is 0 Å². The molecule has 0 unspecified atom stereocenters. The highest BCUT2D eigenvalue weighted by Crippen LogP contribution is 2.12. The van der Waals surface area contributed by atoms with Crippen molar-refractivity contribution >= 4 is 23.6 Å². The van der Waals surface area contributed by atoms with E-state index in [0.717, 1.165) is 11.5 Å². The van der Waals surface area contributed by atoms with E-state index in [-0.39, 0.29) is 12.3 Å². The Morgan fingerprint density at radius 3 is 2.50 bits per heavy atom. The van der Waals surface area contributed by atoms with E-state index in [1.165, 1.54) is 5.56 Å². The molecule has 20 heavy (non-hydrogen) atoms. The molecule has 1 rings (SSSR count). The third-order valence-electron chi connectivity index (χ3n) is 2.79. The van der Waals surface area contributed by atoms with Gasteiger partial charge in [-0.3, -0.25) is 9.59 Å². The van der Waals surface area contributed by atoms with Crippen LogP contribution in [0.5, 0.6) is 0 Å². The molecule has 0 radical (unpaired) electrons. The number of aliphatic carboxylic acids is 1. The van der Waals surface area contributed by atoms with Crippen LogP contribution in [0.3, 0.4) is 0 Å². The van der Waals surface area contributed by atoms with Crippen LogP contribution in [-0.2, 0) is 10.5 Å². The standard InChI is InChI=1S/C15H21NO3S/c1-2-20-11-12-6-8-13(9-7-12)15(19)16-10-4-3-5-14(17)18/h6-9H,2-5,10-11H2,1H3,(H,16,19)(H,17,18). The summed E-state index contributed by atoms with van der Waals surface area (Å²) >= 11 is 1.85. The van der Waals surface area contributed by atoms with Gasteiger partial charge in [0.05, 0.1) is 0 Å². The van der Waals surface area contributed by atoms with E-state index < -0.39 is 5.97 Å². The summed E-state index contributed by atoms with van der Waals surface area (Å²) in [6.45, 7) is 2.64. The highest BCUT2D eigenvalue weighted by Gasteiger charge is 2.05. The fraction of sp³-hybridized carbons (Fsp3) is 0.467. The van der Waals surface area contributed by atoms with E-state index in [1.54, 1.807) is 0 Å². The minimum absolute atomic E-state index is 0.102. The van der Waals surface area contributed by atoms with Crippen LogP contribution in [0, 0.1) is 0 Å². The summed E-state index contributed by atoms with van der Waals surface area (Å²) in [5.74, 6) is 1.15. The molecule has 110 valence electrons. The molecule has 1 aromatic rings. The molecule has 5 heteroatoms. The maximum Gasteiger partial charge on any atom is 0.303 e. The fourth-order valence-electron chi connectivity index (χ4n) is 1.68. The average molecular weight is 295 g/mol. The third-order valence-corrected chi connectivity index (χ3v) is 3.74. The molecule has 0 saturated carbocycles. The Bertz CT molecular complexity index is 431. The van der Waals surface area contributed by atoms with E-state index in [0.29, 0.717) is 24.9 Å². The molecule has 1 amide bonds. The lowest BCUT2D eigenvalue weighted by Gasteiger charge is -2.06. The number of nitrogens with one attached hydrogen (secondary N) is 1. The van der Waals surface area contributed by atoms with Crippen molar-refractivity contribution in [1.29, 1.82) is 0 Å². The molecule has 0 bridgehead atoms. The molecule has 0 heterocycles. The van der Waals surface area contributed by atoms with E-state index in [9.17, 15) is 9.59 Å². The van der Waals surface area contributed by atoms with Crippen molar-refractivity contribution in [2.75, 3.05) is 12.3 Å². The first-order valence-electron chi connectivity index (χ1n) is 6.80. The SMILES string of the molecule is CCSCc1ccc(C(=O)NCCCCC(=O)O)cc1. The number of carboxylic acid groups (broad SMARTS) is 1. The molecule has 0 spiro atoms. The minimum atomic E-state index is -0.795. The van der Waals surface area contributed by atoms with Crippen molar-refractivity contribution in [3.63, 3.8) is 0 Å². The van der Waals surface area contributed by atoms with E-state index in [4.69, 9.17) is 5.11 Å². The van der Waals surface area contributed by atoms with Crippen LogP contribution in [0.1, 0.15) is 42.1 Å². The van der Waals surface area contributed by atoms with Crippen molar-refractivity contribution in [1.82, 2.24) is 5.32 Å². The number of carbonyl (C=O) groups is 2. The minimum Gasteiger partial charge on any atom is -0.481 e. The summed E-state index contributed by atoms with van der Waals surface area (Å²) in [6.07, 6.45) is 1.42. The maximum absolute atomic E-state index is 11.8. The zero-order valence-corrected chi connectivity index (χ0v) is 12.5. The zero-order chi connectivity index (χ0) is 14.8. The second-order valence-electron chi connectivity index (χ2n) is 4.44. The molecule has 2 N–H and O–H groups in total. The molecular weight excluding hydrogens is 274 g/mol. The number of benzene rings is 1. The number of thioether (sulfide) groups is 1. The number of rotatable bonds is 9. The van der Waals surface area contributed by atoms with Gasteiger partial charge in [0, 0.05) is 24.3 Å². The van der Waals surface area contributed by atoms with Gasteiger partial charge >= 0.3 is 5.97 Å². The normalized spacial score (nSPS) is 10.2. The van der Waals surface area contributed by atoms with Gasteiger partial charge in [0.2, 0.25) is 0 Å². The Balaban J connectivity index is 2.30. The predicted octanol–water partition coefficient (Wildman–Crippen LogP) is 2.92. The fourth-order valence-corrected chi connectivity index (χ4v) is 2.31. The molecule has 0 aliphatic heterocycles. The molecule has 0 fully saturated rings. The van der Waals surface area contributed by atoms with Crippen molar-refractivity contribution in [3.8, 4) is 0 Å². The predicted molar refractivity (Wildman–Crippen MR) is 82.1 cm³/mol. The Labute approximate surface area is 124 Å². The van der Waals surface area contributed by atoms with Gasteiger partial charge in [-0.15, -0.1) is 0 Å². The molecule has 0 saturated heterocycles. The lowest BCUT2D eigenvalue weighted by molar-refractivity contribution is -0.137. The Morgan fingerprint density at radius 2 is 1.90 bits per heavy atom. The second-order valence-corrected chi connectivity index (χ2v) is 5.72. The topological polar surface area (TPSA) is 66.4 Å². The van der Waals surface area contributed by atoms with E-state index >= 15 is 0 Å². The number of hydrogen-bond donors (Lipinski definition) is 2. The number of carboxylic acids is 1. The van der Waals surface area contributed by atoms with Crippen molar-refractivity contribution in [2.45, 2.75) is 31.9 Å². The summed E-state index contributed by atoms with van der Waals surface area (Å²) < 4.78 is 0. The van der Waals surface area contributed by atoms with Crippen molar-refractivity contribution in [3.05, 3.63) is 35.4 Å². The van der Waals surface area contributed by atoms with E-state index in [1.807, 2.05) is 36.0 Å². The van der Waals surface area contributed by atoms with Gasteiger partial charge in [0.1, 0.15) is 0 Å². The number of amides is 1. The largest absolute Gasteiger partial charge is 0.481 e. The Hall–Kier alpha value is -1.49. The van der Waals surface area contributed by atoms with Crippen LogP contribution < -0.4 is 5.32 Å². The van der Waals surface area contributed by atoms with Crippen LogP contribution >= 0.6 is 11.8 Å². The molecule has 1 aromatic carbocycles. The third kappa shape index (κ3) is 6.61. The second kappa shape index (κ2) is 9.42. The Morgan fingerprint density at radius 1 is 1.20 bits per heavy atom. The average Bonchev–Trinajstić information content (AvgIpc) is 2.44. The number of unbranched alkanes of at least 4 members (excludes halogenated alkanes) is 1. The van der Waals surface area contributed by atoms with Gasteiger partial charge in [-0.05, 0) is 36.3 Å². The van der Waals surface area contributed by atoms with Gasteiger partial charge in [-0.25, -0.2) is 0 Å². The van der Waals surface area contributed by atoms with Crippen LogP contribution in [-0.4, -0.2) is 29.3 Å². The highest BCUT2D eigenvalue weighted by molar-refractivity contribution is 7.98. The molecule has 4 nitrogen and oxygen atoms in total. The van der Waals surface area contributed by atoms with Gasteiger partial charge in [-0.2, -0.15) is 11.8 Å². The lowest BCUT2D eigenvalue weighted by Crippen LogP contribution is -2.24. The molecular formula is C15H21NO3S. The van der Waals surface area contributed by atoms with Crippen molar-refractivity contribution in [2.24, 2.45) is 0 Å². The summed E-state index contributed by atoms with van der Waals surface area (Å²) in [5, 5.41) is 11.3. The number of hydrogen-bond acceptors (Lipinski definition) is 3. The van der Waals surface area contributed by atoms with Gasteiger partial charge < -0.3 is 10.4 Å². The highest BCUT2D eigenvalue weighted by atomic mass is 32.2. The van der Waals surface area contributed by atoms with Crippen LogP contribution in [0.25, 0.3) is 0 Å². The van der Waals surface area contributed by atoms with Crippen molar-refractivity contribution < 1.29 is 14.7 Å². The van der Waals surface area contributed by atoms with Crippen LogP contribution in [0.2, 0.25) is 0 Å². The summed E-state index contributed by atoms with van der Waals surface area (Å²) in [7, 11) is 0. The summed E-state index contributed by atoms with van der Waals surface area (Å²) in [4.78, 5) is 22.2. The first-order chi connectivity index (χ1) is 9.63. The van der Waals surface area contributed by atoms with Crippen LogP contribution in [0.15, 0.2) is 24.3 Å². The van der Waals surface area contributed by atoms with Gasteiger partial charge in [-0.1, -0.05) is 19.1 Å². The smallest absolute Gasteiger partial charge is 0.303 e. The van der Waals surface area contributed by atoms with Gasteiger partial charge in [0.25, 0.3) is 5.91 Å². The lowest BCUT2D eigenvalue weighted by atomic mass is 10.1. The Kier molecular flexibility index (Phi) is 7.80. The first kappa shape index (κ1) is 16.6. The summed E-state index contributed by atoms with van der Waals surface area (Å²) in [5.41, 5.74) is 1.86. The maximum atomic E-state index is 11.8. The number of carbonyl (C=O) groups excluding carboxylic acids is 1. The molecule has 0 atom stereocenters. The zero-order valence-electron chi connectivity index (χ0n) is 11.7. The first-order valence-corrected chi connectivity index (χ1v) is 7.95. The van der Waals surface area contributed by atoms with Gasteiger partial charge in [0.15, 0.2) is 0 Å². The molecule has 0 aliphatic rings.